The Morgan fingerprint density at radius 1 is 1.17 bits per heavy atom. The molecule has 1 aromatic heterocycles. The summed E-state index contributed by atoms with van der Waals surface area (Å²) in [5.74, 6) is 2.11. The van der Waals surface area contributed by atoms with Crippen LogP contribution in [0.3, 0.4) is 0 Å². The molecule has 0 bridgehead atoms. The lowest BCUT2D eigenvalue weighted by Gasteiger charge is -2.41. The number of imidazole rings is 1. The number of rotatable bonds is 2. The number of aryl methyl sites for hydroxylation is 1. The van der Waals surface area contributed by atoms with E-state index in [1.165, 1.54) is 0 Å². The van der Waals surface area contributed by atoms with Gasteiger partial charge in [0, 0.05) is 23.2 Å². The molecule has 7 nitrogen and oxygen atoms in total. The Hall–Kier alpha value is -3.03. The monoisotopic (exact) mass is 493 g/mol. The number of morpholine rings is 1. The van der Waals surface area contributed by atoms with Gasteiger partial charge < -0.3 is 19.1 Å². The Bertz CT molecular complexity index is 1330. The summed E-state index contributed by atoms with van der Waals surface area (Å²) in [6.07, 6.45) is 1.46. The molecule has 3 aliphatic heterocycles. The molecule has 0 N–H and O–H groups in total. The zero-order valence-corrected chi connectivity index (χ0v) is 20.9. The van der Waals surface area contributed by atoms with E-state index in [0.717, 1.165) is 34.7 Å². The van der Waals surface area contributed by atoms with Gasteiger partial charge in [-0.2, -0.15) is 0 Å². The van der Waals surface area contributed by atoms with Crippen molar-refractivity contribution in [2.45, 2.75) is 45.3 Å². The Morgan fingerprint density at radius 2 is 2.03 bits per heavy atom. The van der Waals surface area contributed by atoms with Crippen LogP contribution in [0.25, 0.3) is 17.1 Å². The average molecular weight is 494 g/mol. The van der Waals surface area contributed by atoms with Gasteiger partial charge in [-0.3, -0.25) is 9.36 Å². The molecular weight excluding hydrogens is 466 g/mol. The molecule has 182 valence electrons. The number of carbonyl (C=O) groups is 1. The summed E-state index contributed by atoms with van der Waals surface area (Å²) in [5, 5.41) is 0.620. The Balaban J connectivity index is 1.54. The lowest BCUT2D eigenvalue weighted by Crippen LogP contribution is -2.55. The van der Waals surface area contributed by atoms with Gasteiger partial charge in [-0.1, -0.05) is 23.7 Å². The van der Waals surface area contributed by atoms with Crippen molar-refractivity contribution in [3.8, 4) is 28.6 Å². The third-order valence-electron chi connectivity index (χ3n) is 6.97. The van der Waals surface area contributed by atoms with Crippen LogP contribution in [0.2, 0.25) is 5.02 Å². The molecule has 1 saturated heterocycles. The first-order valence-electron chi connectivity index (χ1n) is 12.1. The SMILES string of the molecule is CC1COc2cc3c(cc2O1)-n1c(-c2cccc(Cl)c2)nc(C(=O)N2CCOCC2(C)C)c1CC3. The summed E-state index contributed by atoms with van der Waals surface area (Å²) >= 11 is 6.35. The molecule has 4 heterocycles. The van der Waals surface area contributed by atoms with Crippen LogP contribution in [0.1, 0.15) is 42.5 Å². The van der Waals surface area contributed by atoms with Gasteiger partial charge in [-0.25, -0.2) is 4.98 Å². The first-order chi connectivity index (χ1) is 16.8. The van der Waals surface area contributed by atoms with Crippen LogP contribution in [-0.4, -0.2) is 58.4 Å². The second-order valence-corrected chi connectivity index (χ2v) is 10.5. The number of carbonyl (C=O) groups excluding carboxylic acids is 1. The molecule has 2 aromatic carbocycles. The molecule has 0 radical (unpaired) electrons. The smallest absolute Gasteiger partial charge is 0.274 e. The van der Waals surface area contributed by atoms with Gasteiger partial charge in [-0.15, -0.1) is 0 Å². The van der Waals surface area contributed by atoms with Crippen molar-refractivity contribution in [2.24, 2.45) is 0 Å². The molecule has 1 fully saturated rings. The Morgan fingerprint density at radius 3 is 2.83 bits per heavy atom. The summed E-state index contributed by atoms with van der Waals surface area (Å²) < 4.78 is 19.8. The number of ether oxygens (including phenoxy) is 3. The molecule has 3 aromatic rings. The molecule has 1 unspecified atom stereocenters. The van der Waals surface area contributed by atoms with Crippen molar-refractivity contribution in [3.05, 3.63) is 58.4 Å². The first kappa shape index (κ1) is 22.4. The largest absolute Gasteiger partial charge is 0.486 e. The van der Waals surface area contributed by atoms with Gasteiger partial charge in [0.15, 0.2) is 17.2 Å². The number of amides is 1. The van der Waals surface area contributed by atoms with Crippen molar-refractivity contribution in [2.75, 3.05) is 26.4 Å². The third-order valence-corrected chi connectivity index (χ3v) is 7.20. The van der Waals surface area contributed by atoms with E-state index < -0.39 is 5.54 Å². The lowest BCUT2D eigenvalue weighted by molar-refractivity contribution is -0.0373. The van der Waals surface area contributed by atoms with E-state index in [0.29, 0.717) is 55.1 Å². The minimum Gasteiger partial charge on any atom is -0.486 e. The number of halogens is 1. The highest BCUT2D eigenvalue weighted by molar-refractivity contribution is 6.30. The van der Waals surface area contributed by atoms with Crippen LogP contribution < -0.4 is 9.47 Å². The second kappa shape index (κ2) is 8.28. The number of nitrogens with zero attached hydrogens (tertiary/aromatic N) is 3. The van der Waals surface area contributed by atoms with Crippen molar-refractivity contribution >= 4 is 17.5 Å². The number of aromatic nitrogens is 2. The molecule has 3 aliphatic rings. The third kappa shape index (κ3) is 3.78. The minimum absolute atomic E-state index is 0.0283. The molecule has 0 aliphatic carbocycles. The molecular formula is C27H28ClN3O4. The maximum atomic E-state index is 13.9. The van der Waals surface area contributed by atoms with E-state index in [1.54, 1.807) is 0 Å². The highest BCUT2D eigenvalue weighted by atomic mass is 35.5. The van der Waals surface area contributed by atoms with E-state index in [2.05, 4.69) is 10.6 Å². The standard InChI is InChI=1S/C27H28ClN3O4/c1-16-14-34-22-12-17-7-8-20-24(26(32)30-9-10-33-15-27(30,2)3)29-25(18-5-4-6-19(28)11-18)31(20)21(17)13-23(22)35-16/h4-6,11-13,16H,7-10,14-15H2,1-3H3. The van der Waals surface area contributed by atoms with E-state index in [9.17, 15) is 4.79 Å². The lowest BCUT2D eigenvalue weighted by atomic mass is 9.97. The maximum absolute atomic E-state index is 13.9. The fourth-order valence-electron chi connectivity index (χ4n) is 5.21. The predicted molar refractivity (Wildman–Crippen MR) is 133 cm³/mol. The van der Waals surface area contributed by atoms with Crippen LogP contribution in [0.5, 0.6) is 11.5 Å². The van der Waals surface area contributed by atoms with Gasteiger partial charge in [0.1, 0.15) is 18.5 Å². The van der Waals surface area contributed by atoms with Gasteiger partial charge in [0.05, 0.1) is 30.1 Å². The van der Waals surface area contributed by atoms with Crippen LogP contribution in [0.15, 0.2) is 36.4 Å². The molecule has 6 rings (SSSR count). The number of hydrogen-bond donors (Lipinski definition) is 0. The summed E-state index contributed by atoms with van der Waals surface area (Å²) in [6, 6.07) is 11.7. The normalized spacial score (nSPS) is 20.2. The topological polar surface area (TPSA) is 65.8 Å². The van der Waals surface area contributed by atoms with E-state index in [1.807, 2.05) is 56.0 Å². The molecule has 1 amide bonds. The highest BCUT2D eigenvalue weighted by Crippen LogP contribution is 2.41. The number of hydrogen-bond acceptors (Lipinski definition) is 5. The zero-order valence-electron chi connectivity index (χ0n) is 20.1. The summed E-state index contributed by atoms with van der Waals surface area (Å²) in [6.45, 7) is 8.15. The van der Waals surface area contributed by atoms with E-state index in [4.69, 9.17) is 30.8 Å². The van der Waals surface area contributed by atoms with Gasteiger partial charge >= 0.3 is 0 Å². The van der Waals surface area contributed by atoms with Crippen molar-refractivity contribution in [1.29, 1.82) is 0 Å². The van der Waals surface area contributed by atoms with Crippen LogP contribution in [0, 0.1) is 0 Å². The number of fused-ring (bicyclic) bond motifs is 4. The fourth-order valence-corrected chi connectivity index (χ4v) is 5.40. The summed E-state index contributed by atoms with van der Waals surface area (Å²) in [7, 11) is 0. The second-order valence-electron chi connectivity index (χ2n) is 10.1. The molecule has 8 heteroatoms. The quantitative estimate of drug-likeness (QED) is 0.517. The van der Waals surface area contributed by atoms with E-state index >= 15 is 0 Å². The summed E-state index contributed by atoms with van der Waals surface area (Å²) in [5.41, 5.74) is 3.95. The highest BCUT2D eigenvalue weighted by Gasteiger charge is 2.38. The molecule has 35 heavy (non-hydrogen) atoms. The molecule has 0 saturated carbocycles. The Kier molecular flexibility index (Phi) is 5.31. The van der Waals surface area contributed by atoms with Crippen molar-refractivity contribution in [3.63, 3.8) is 0 Å². The van der Waals surface area contributed by atoms with Gasteiger partial charge in [-0.05, 0) is 57.4 Å². The van der Waals surface area contributed by atoms with E-state index in [-0.39, 0.29) is 12.0 Å². The molecule has 0 spiro atoms. The number of benzene rings is 2. The minimum atomic E-state index is -0.408. The van der Waals surface area contributed by atoms with Gasteiger partial charge in [0.25, 0.3) is 5.91 Å². The Labute approximate surface area is 209 Å². The van der Waals surface area contributed by atoms with Gasteiger partial charge in [0.2, 0.25) is 0 Å². The van der Waals surface area contributed by atoms with Crippen LogP contribution >= 0.6 is 11.6 Å². The average Bonchev–Trinajstić information content (AvgIpc) is 3.22. The summed E-state index contributed by atoms with van der Waals surface area (Å²) in [4.78, 5) is 20.8. The van der Waals surface area contributed by atoms with Crippen LogP contribution in [-0.2, 0) is 17.6 Å². The predicted octanol–water partition coefficient (Wildman–Crippen LogP) is 4.70. The van der Waals surface area contributed by atoms with Crippen molar-refractivity contribution < 1.29 is 19.0 Å². The van der Waals surface area contributed by atoms with Crippen LogP contribution in [0.4, 0.5) is 0 Å². The maximum Gasteiger partial charge on any atom is 0.274 e. The first-order valence-corrected chi connectivity index (χ1v) is 12.4. The fraction of sp³-hybridized carbons (Fsp3) is 0.407. The van der Waals surface area contributed by atoms with Crippen molar-refractivity contribution in [1.82, 2.24) is 14.5 Å². The molecule has 1 atom stereocenters. The zero-order chi connectivity index (χ0) is 24.3.